The van der Waals surface area contributed by atoms with Gasteiger partial charge in [-0.15, -0.1) is 0 Å². The lowest BCUT2D eigenvalue weighted by molar-refractivity contribution is -0.0778. The average Bonchev–Trinajstić information content (AvgIpc) is 2.28. The van der Waals surface area contributed by atoms with Gasteiger partial charge in [0, 0.05) is 44.8 Å². The third kappa shape index (κ3) is 3.77. The first-order valence-electron chi connectivity index (χ1n) is 6.49. The summed E-state index contributed by atoms with van der Waals surface area (Å²) in [5.74, 6) is 0. The van der Waals surface area contributed by atoms with Crippen molar-refractivity contribution in [2.24, 2.45) is 0 Å². The number of aliphatic hydroxyl groups is 1. The number of pyridine rings is 1. The summed E-state index contributed by atoms with van der Waals surface area (Å²) in [5.41, 5.74) is 1.48. The molecule has 1 aromatic heterocycles. The second-order valence-electron chi connectivity index (χ2n) is 5.28. The molecule has 0 spiro atoms. The third-order valence-corrected chi connectivity index (χ3v) is 3.37. The minimum absolute atomic E-state index is 0.600. The molecule has 2 rings (SSSR count). The maximum absolute atomic E-state index is 10.4. The Kier molecular flexibility index (Phi) is 4.32. The lowest BCUT2D eigenvalue weighted by Gasteiger charge is -2.35. The standard InChI is InChI=1S/C14H22N2O2/c1-12-4-3-5-13(15-12)10-16(2)11-14(17)6-8-18-9-7-14/h3-5,17H,6-11H2,1-2H3. The fourth-order valence-corrected chi connectivity index (χ4v) is 2.43. The molecule has 18 heavy (non-hydrogen) atoms. The van der Waals surface area contributed by atoms with Crippen molar-refractivity contribution in [2.75, 3.05) is 26.8 Å². The van der Waals surface area contributed by atoms with Crippen LogP contribution in [-0.4, -0.2) is 47.4 Å². The van der Waals surface area contributed by atoms with Crippen molar-refractivity contribution in [3.05, 3.63) is 29.6 Å². The molecule has 0 atom stereocenters. The molecule has 0 aromatic carbocycles. The summed E-state index contributed by atoms with van der Waals surface area (Å²) >= 11 is 0. The molecule has 1 aliphatic heterocycles. The van der Waals surface area contributed by atoms with Gasteiger partial charge < -0.3 is 9.84 Å². The van der Waals surface area contributed by atoms with E-state index < -0.39 is 5.60 Å². The fourth-order valence-electron chi connectivity index (χ4n) is 2.43. The van der Waals surface area contributed by atoms with Crippen LogP contribution in [0.2, 0.25) is 0 Å². The van der Waals surface area contributed by atoms with Gasteiger partial charge in [0.05, 0.1) is 11.3 Å². The van der Waals surface area contributed by atoms with Crippen LogP contribution < -0.4 is 0 Å². The first-order chi connectivity index (χ1) is 8.57. The molecule has 4 nitrogen and oxygen atoms in total. The number of aryl methyl sites for hydroxylation is 1. The van der Waals surface area contributed by atoms with Gasteiger partial charge in [-0.3, -0.25) is 9.88 Å². The molecule has 0 saturated carbocycles. The van der Waals surface area contributed by atoms with Crippen molar-refractivity contribution in [3.8, 4) is 0 Å². The normalized spacial score (nSPS) is 19.1. The van der Waals surface area contributed by atoms with Crippen LogP contribution in [0.25, 0.3) is 0 Å². The highest BCUT2D eigenvalue weighted by Crippen LogP contribution is 2.21. The summed E-state index contributed by atoms with van der Waals surface area (Å²) in [6, 6.07) is 6.04. The van der Waals surface area contributed by atoms with Crippen molar-refractivity contribution >= 4 is 0 Å². The van der Waals surface area contributed by atoms with E-state index in [4.69, 9.17) is 4.74 Å². The monoisotopic (exact) mass is 250 g/mol. The summed E-state index contributed by atoms with van der Waals surface area (Å²) in [7, 11) is 2.03. The van der Waals surface area contributed by atoms with Crippen LogP contribution in [0.4, 0.5) is 0 Å². The van der Waals surface area contributed by atoms with Gasteiger partial charge >= 0.3 is 0 Å². The highest BCUT2D eigenvalue weighted by Gasteiger charge is 2.30. The summed E-state index contributed by atoms with van der Waals surface area (Å²) in [6.07, 6.45) is 1.44. The van der Waals surface area contributed by atoms with Crippen molar-refractivity contribution in [1.82, 2.24) is 9.88 Å². The van der Waals surface area contributed by atoms with E-state index in [1.54, 1.807) is 0 Å². The predicted molar refractivity (Wildman–Crippen MR) is 70.3 cm³/mol. The average molecular weight is 250 g/mol. The van der Waals surface area contributed by atoms with E-state index in [1.165, 1.54) is 0 Å². The Hall–Kier alpha value is -0.970. The van der Waals surface area contributed by atoms with Gasteiger partial charge in [-0.2, -0.15) is 0 Å². The molecule has 4 heteroatoms. The Morgan fingerprint density at radius 2 is 2.11 bits per heavy atom. The van der Waals surface area contributed by atoms with Crippen LogP contribution in [0.5, 0.6) is 0 Å². The maximum atomic E-state index is 10.4. The molecular weight excluding hydrogens is 228 g/mol. The summed E-state index contributed by atoms with van der Waals surface area (Å²) in [6.45, 7) is 4.76. The van der Waals surface area contributed by atoms with E-state index in [2.05, 4.69) is 9.88 Å². The zero-order chi connectivity index (χ0) is 13.0. The Morgan fingerprint density at radius 3 is 2.78 bits per heavy atom. The van der Waals surface area contributed by atoms with E-state index in [9.17, 15) is 5.11 Å². The van der Waals surface area contributed by atoms with Crippen LogP contribution in [0.15, 0.2) is 18.2 Å². The number of hydrogen-bond acceptors (Lipinski definition) is 4. The minimum Gasteiger partial charge on any atom is -0.388 e. The fraction of sp³-hybridized carbons (Fsp3) is 0.643. The van der Waals surface area contributed by atoms with Crippen molar-refractivity contribution < 1.29 is 9.84 Å². The van der Waals surface area contributed by atoms with Gasteiger partial charge in [0.1, 0.15) is 0 Å². The number of ether oxygens (including phenoxy) is 1. The molecule has 0 aliphatic carbocycles. The second kappa shape index (κ2) is 5.78. The molecule has 2 heterocycles. The molecule has 0 amide bonds. The van der Waals surface area contributed by atoms with Crippen LogP contribution in [0, 0.1) is 6.92 Å². The number of nitrogens with zero attached hydrogens (tertiary/aromatic N) is 2. The van der Waals surface area contributed by atoms with E-state index in [0.717, 1.165) is 30.8 Å². The highest BCUT2D eigenvalue weighted by molar-refractivity contribution is 5.09. The summed E-state index contributed by atoms with van der Waals surface area (Å²) in [5, 5.41) is 10.4. The summed E-state index contributed by atoms with van der Waals surface area (Å²) < 4.78 is 5.29. The molecule has 0 bridgehead atoms. The molecule has 1 aromatic rings. The Morgan fingerprint density at radius 1 is 1.39 bits per heavy atom. The van der Waals surface area contributed by atoms with Crippen molar-refractivity contribution in [2.45, 2.75) is 31.9 Å². The summed E-state index contributed by atoms with van der Waals surface area (Å²) in [4.78, 5) is 6.61. The number of aromatic nitrogens is 1. The molecule has 100 valence electrons. The SMILES string of the molecule is Cc1cccc(CN(C)CC2(O)CCOCC2)n1. The van der Waals surface area contributed by atoms with E-state index >= 15 is 0 Å². The lowest BCUT2D eigenvalue weighted by atomic mass is 9.94. The lowest BCUT2D eigenvalue weighted by Crippen LogP contribution is -2.45. The van der Waals surface area contributed by atoms with Crippen molar-refractivity contribution in [1.29, 1.82) is 0 Å². The zero-order valence-electron chi connectivity index (χ0n) is 11.2. The third-order valence-electron chi connectivity index (χ3n) is 3.37. The van der Waals surface area contributed by atoms with E-state index in [1.807, 2.05) is 32.2 Å². The van der Waals surface area contributed by atoms with Gasteiger partial charge in [0.15, 0.2) is 0 Å². The van der Waals surface area contributed by atoms with Crippen LogP contribution >= 0.6 is 0 Å². The van der Waals surface area contributed by atoms with Crippen LogP contribution in [-0.2, 0) is 11.3 Å². The van der Waals surface area contributed by atoms with Gasteiger partial charge in [-0.25, -0.2) is 0 Å². The highest BCUT2D eigenvalue weighted by atomic mass is 16.5. The minimum atomic E-state index is -0.600. The van der Waals surface area contributed by atoms with Crippen molar-refractivity contribution in [3.63, 3.8) is 0 Å². The first kappa shape index (κ1) is 13.5. The van der Waals surface area contributed by atoms with Crippen LogP contribution in [0.3, 0.4) is 0 Å². The van der Waals surface area contributed by atoms with Gasteiger partial charge in [0.25, 0.3) is 0 Å². The van der Waals surface area contributed by atoms with Gasteiger partial charge in [-0.05, 0) is 26.1 Å². The Bertz CT molecular complexity index is 389. The molecule has 0 unspecified atom stereocenters. The topological polar surface area (TPSA) is 45.6 Å². The quantitative estimate of drug-likeness (QED) is 0.876. The van der Waals surface area contributed by atoms with Gasteiger partial charge in [-0.1, -0.05) is 6.07 Å². The molecular formula is C14H22N2O2. The largest absolute Gasteiger partial charge is 0.388 e. The van der Waals surface area contributed by atoms with E-state index in [0.29, 0.717) is 19.8 Å². The van der Waals surface area contributed by atoms with Crippen LogP contribution in [0.1, 0.15) is 24.2 Å². The molecule has 1 aliphatic rings. The molecule has 1 saturated heterocycles. The number of hydrogen-bond donors (Lipinski definition) is 1. The maximum Gasteiger partial charge on any atom is 0.0817 e. The molecule has 1 fully saturated rings. The number of rotatable bonds is 4. The smallest absolute Gasteiger partial charge is 0.0817 e. The Labute approximate surface area is 109 Å². The molecule has 1 N–H and O–H groups in total. The zero-order valence-corrected chi connectivity index (χ0v) is 11.2. The van der Waals surface area contributed by atoms with Gasteiger partial charge in [0.2, 0.25) is 0 Å². The Balaban J connectivity index is 1.90. The number of likely N-dealkylation sites (N-methyl/N-ethyl adjacent to an activating group) is 1. The first-order valence-corrected chi connectivity index (χ1v) is 6.49. The van der Waals surface area contributed by atoms with E-state index in [-0.39, 0.29) is 0 Å². The predicted octanol–water partition coefficient (Wildman–Crippen LogP) is 1.36. The molecule has 0 radical (unpaired) electrons. The second-order valence-corrected chi connectivity index (χ2v) is 5.28.